The first kappa shape index (κ1) is 15.7. The minimum atomic E-state index is -0.382. The summed E-state index contributed by atoms with van der Waals surface area (Å²) in [5.74, 6) is 1.13. The molecular formula is C16H16FN5O2. The molecule has 2 aromatic heterocycles. The second-order valence-corrected chi connectivity index (χ2v) is 4.84. The Morgan fingerprint density at radius 1 is 1.29 bits per heavy atom. The number of ether oxygens (including phenoxy) is 1. The molecule has 24 heavy (non-hydrogen) atoms. The van der Waals surface area contributed by atoms with Gasteiger partial charge in [0, 0.05) is 23.4 Å². The summed E-state index contributed by atoms with van der Waals surface area (Å²) >= 11 is 0. The predicted molar refractivity (Wildman–Crippen MR) is 86.8 cm³/mol. The molecule has 3 rings (SSSR count). The third-order valence-corrected chi connectivity index (χ3v) is 3.23. The minimum Gasteiger partial charge on any atom is -0.493 e. The Balaban J connectivity index is 1.98. The van der Waals surface area contributed by atoms with E-state index in [4.69, 9.17) is 14.9 Å². The molecule has 0 atom stereocenters. The van der Waals surface area contributed by atoms with Gasteiger partial charge in [-0.15, -0.1) is 0 Å². The SMILES string of the molecule is CCOc1cc(F)ccc1-c1cnc(N)nc1NCc1ncco1. The first-order chi connectivity index (χ1) is 11.7. The van der Waals surface area contributed by atoms with E-state index < -0.39 is 0 Å². The van der Waals surface area contributed by atoms with E-state index in [1.165, 1.54) is 18.4 Å². The van der Waals surface area contributed by atoms with E-state index in [-0.39, 0.29) is 11.8 Å². The van der Waals surface area contributed by atoms with Crippen molar-refractivity contribution in [2.75, 3.05) is 17.7 Å². The first-order valence-electron chi connectivity index (χ1n) is 7.35. The first-order valence-corrected chi connectivity index (χ1v) is 7.35. The Hall–Kier alpha value is -3.16. The van der Waals surface area contributed by atoms with Gasteiger partial charge in [-0.2, -0.15) is 4.98 Å². The zero-order chi connectivity index (χ0) is 16.9. The Morgan fingerprint density at radius 2 is 2.17 bits per heavy atom. The summed E-state index contributed by atoms with van der Waals surface area (Å²) in [4.78, 5) is 12.3. The molecule has 124 valence electrons. The topological polar surface area (TPSA) is 99.1 Å². The Labute approximate surface area is 137 Å². The molecule has 0 aliphatic rings. The largest absolute Gasteiger partial charge is 0.493 e. The van der Waals surface area contributed by atoms with Crippen LogP contribution in [0.1, 0.15) is 12.8 Å². The lowest BCUT2D eigenvalue weighted by Gasteiger charge is -2.14. The van der Waals surface area contributed by atoms with Crippen molar-refractivity contribution in [2.24, 2.45) is 0 Å². The number of nitrogens with one attached hydrogen (secondary N) is 1. The molecule has 1 aromatic carbocycles. The van der Waals surface area contributed by atoms with E-state index in [1.54, 1.807) is 18.5 Å². The minimum absolute atomic E-state index is 0.119. The normalized spacial score (nSPS) is 10.6. The Kier molecular flexibility index (Phi) is 4.55. The van der Waals surface area contributed by atoms with Gasteiger partial charge < -0.3 is 20.2 Å². The third kappa shape index (κ3) is 3.43. The molecule has 0 saturated heterocycles. The van der Waals surface area contributed by atoms with Gasteiger partial charge in [-0.1, -0.05) is 0 Å². The lowest BCUT2D eigenvalue weighted by Crippen LogP contribution is -2.07. The standard InChI is InChI=1S/C16H16FN5O2/c1-2-23-13-7-10(17)3-4-11(13)12-8-21-16(18)22-15(12)20-9-14-19-5-6-24-14/h3-8H,2,9H2,1H3,(H3,18,20,21,22). The van der Waals surface area contributed by atoms with Gasteiger partial charge >= 0.3 is 0 Å². The molecule has 0 radical (unpaired) electrons. The fourth-order valence-corrected chi connectivity index (χ4v) is 2.22. The van der Waals surface area contributed by atoms with Crippen LogP contribution in [0.15, 0.2) is 41.3 Å². The third-order valence-electron chi connectivity index (χ3n) is 3.23. The number of oxazole rings is 1. The number of nitrogen functional groups attached to an aromatic ring is 1. The molecular weight excluding hydrogens is 313 g/mol. The van der Waals surface area contributed by atoms with E-state index >= 15 is 0 Å². The lowest BCUT2D eigenvalue weighted by atomic mass is 10.1. The summed E-state index contributed by atoms with van der Waals surface area (Å²) in [6.45, 7) is 2.56. The maximum absolute atomic E-state index is 13.5. The smallest absolute Gasteiger partial charge is 0.221 e. The van der Waals surface area contributed by atoms with Gasteiger partial charge in [0.25, 0.3) is 0 Å². The molecule has 2 heterocycles. The highest BCUT2D eigenvalue weighted by Gasteiger charge is 2.14. The van der Waals surface area contributed by atoms with E-state index in [2.05, 4.69) is 20.3 Å². The van der Waals surface area contributed by atoms with Crippen molar-refractivity contribution in [3.63, 3.8) is 0 Å². The molecule has 8 heteroatoms. The van der Waals surface area contributed by atoms with Crippen molar-refractivity contribution >= 4 is 11.8 Å². The molecule has 0 aliphatic heterocycles. The van der Waals surface area contributed by atoms with Crippen LogP contribution in [-0.2, 0) is 6.54 Å². The van der Waals surface area contributed by atoms with Crippen molar-refractivity contribution < 1.29 is 13.5 Å². The molecule has 0 saturated carbocycles. The Morgan fingerprint density at radius 3 is 2.92 bits per heavy atom. The number of hydrogen-bond donors (Lipinski definition) is 2. The summed E-state index contributed by atoms with van der Waals surface area (Å²) < 4.78 is 24.2. The van der Waals surface area contributed by atoms with Crippen molar-refractivity contribution in [1.82, 2.24) is 15.0 Å². The zero-order valence-corrected chi connectivity index (χ0v) is 13.0. The summed E-state index contributed by atoms with van der Waals surface area (Å²) in [5.41, 5.74) is 6.98. The van der Waals surface area contributed by atoms with E-state index in [0.717, 1.165) is 0 Å². The van der Waals surface area contributed by atoms with Crippen molar-refractivity contribution in [1.29, 1.82) is 0 Å². The maximum Gasteiger partial charge on any atom is 0.221 e. The quantitative estimate of drug-likeness (QED) is 0.717. The molecule has 7 nitrogen and oxygen atoms in total. The van der Waals surface area contributed by atoms with Crippen LogP contribution in [0.4, 0.5) is 16.2 Å². The molecule has 0 unspecified atom stereocenters. The molecule has 0 spiro atoms. The highest BCUT2D eigenvalue weighted by Crippen LogP contribution is 2.34. The average molecular weight is 329 g/mol. The van der Waals surface area contributed by atoms with Crippen LogP contribution in [0.3, 0.4) is 0 Å². The highest BCUT2D eigenvalue weighted by atomic mass is 19.1. The second-order valence-electron chi connectivity index (χ2n) is 4.84. The number of benzene rings is 1. The van der Waals surface area contributed by atoms with Gasteiger partial charge in [0.2, 0.25) is 11.8 Å². The van der Waals surface area contributed by atoms with Gasteiger partial charge in [-0.25, -0.2) is 14.4 Å². The summed E-state index contributed by atoms with van der Waals surface area (Å²) in [7, 11) is 0. The number of aromatic nitrogens is 3. The van der Waals surface area contributed by atoms with E-state index in [1.807, 2.05) is 6.92 Å². The van der Waals surface area contributed by atoms with Gasteiger partial charge in [0.15, 0.2) is 0 Å². The molecule has 0 fully saturated rings. The zero-order valence-electron chi connectivity index (χ0n) is 13.0. The van der Waals surface area contributed by atoms with Crippen molar-refractivity contribution in [3.05, 3.63) is 48.6 Å². The fraction of sp³-hybridized carbons (Fsp3) is 0.188. The number of hydrogen-bond acceptors (Lipinski definition) is 7. The van der Waals surface area contributed by atoms with Crippen LogP contribution in [0, 0.1) is 5.82 Å². The van der Waals surface area contributed by atoms with Crippen molar-refractivity contribution in [2.45, 2.75) is 13.5 Å². The van der Waals surface area contributed by atoms with Gasteiger partial charge in [0.1, 0.15) is 23.6 Å². The van der Waals surface area contributed by atoms with Crippen LogP contribution in [-0.4, -0.2) is 21.6 Å². The second kappa shape index (κ2) is 6.95. The van der Waals surface area contributed by atoms with Gasteiger partial charge in [-0.05, 0) is 19.1 Å². The number of anilines is 2. The molecule has 0 bridgehead atoms. The molecule has 0 aliphatic carbocycles. The fourth-order valence-electron chi connectivity index (χ4n) is 2.22. The van der Waals surface area contributed by atoms with Crippen LogP contribution >= 0.6 is 0 Å². The number of halogens is 1. The van der Waals surface area contributed by atoms with E-state index in [9.17, 15) is 4.39 Å². The lowest BCUT2D eigenvalue weighted by molar-refractivity contribution is 0.339. The number of nitrogens with zero attached hydrogens (tertiary/aromatic N) is 3. The van der Waals surface area contributed by atoms with Crippen LogP contribution in [0.25, 0.3) is 11.1 Å². The molecule has 0 amide bonds. The summed E-state index contributed by atoms with van der Waals surface area (Å²) in [5, 5.41) is 3.10. The molecule has 3 N–H and O–H groups in total. The Bertz CT molecular complexity index is 823. The van der Waals surface area contributed by atoms with Gasteiger partial charge in [0.05, 0.1) is 19.3 Å². The van der Waals surface area contributed by atoms with Crippen LogP contribution in [0.5, 0.6) is 5.75 Å². The average Bonchev–Trinajstić information content (AvgIpc) is 3.08. The van der Waals surface area contributed by atoms with Crippen LogP contribution < -0.4 is 15.8 Å². The predicted octanol–water partition coefficient (Wildman–Crippen LogP) is 2.86. The molecule has 3 aromatic rings. The monoisotopic (exact) mass is 329 g/mol. The van der Waals surface area contributed by atoms with E-state index in [0.29, 0.717) is 41.7 Å². The van der Waals surface area contributed by atoms with Gasteiger partial charge in [-0.3, -0.25) is 0 Å². The number of nitrogens with two attached hydrogens (primary N) is 1. The maximum atomic E-state index is 13.5. The highest BCUT2D eigenvalue weighted by molar-refractivity contribution is 5.79. The summed E-state index contributed by atoms with van der Waals surface area (Å²) in [6, 6.07) is 4.30. The summed E-state index contributed by atoms with van der Waals surface area (Å²) in [6.07, 6.45) is 4.61. The van der Waals surface area contributed by atoms with Crippen LogP contribution in [0.2, 0.25) is 0 Å². The number of rotatable bonds is 6. The van der Waals surface area contributed by atoms with Crippen molar-refractivity contribution in [3.8, 4) is 16.9 Å².